The van der Waals surface area contributed by atoms with E-state index in [2.05, 4.69) is 55.9 Å². The number of hydrogen-bond donors (Lipinski definition) is 0. The Kier molecular flexibility index (Phi) is 10.4. The normalized spacial score (nSPS) is 13.9. The molecule has 0 N–H and O–H groups in total. The summed E-state index contributed by atoms with van der Waals surface area (Å²) in [5.41, 5.74) is 1.62. The van der Waals surface area contributed by atoms with Gasteiger partial charge in [-0.3, -0.25) is 0 Å². The lowest BCUT2D eigenvalue weighted by atomic mass is 10.0. The van der Waals surface area contributed by atoms with Gasteiger partial charge in [0.25, 0.3) is 0 Å². The molecule has 0 aliphatic carbocycles. The van der Waals surface area contributed by atoms with Gasteiger partial charge in [-0.15, -0.1) is 0 Å². The van der Waals surface area contributed by atoms with E-state index in [1.165, 1.54) is 17.7 Å². The highest BCUT2D eigenvalue weighted by Crippen LogP contribution is 2.32. The minimum Gasteiger partial charge on any atom is -0.486 e. The van der Waals surface area contributed by atoms with E-state index in [4.69, 9.17) is 9.16 Å². The van der Waals surface area contributed by atoms with Crippen molar-refractivity contribution in [2.24, 2.45) is 0 Å². The number of hydrogen-bond acceptors (Lipinski definition) is 3. The fourth-order valence-corrected chi connectivity index (χ4v) is 5.48. The molecule has 3 nitrogen and oxygen atoms in total. The maximum Gasteiger partial charge on any atom is 0.416 e. The summed E-state index contributed by atoms with van der Waals surface area (Å²) in [4.78, 5) is 2.27. The van der Waals surface area contributed by atoms with Crippen molar-refractivity contribution in [3.63, 3.8) is 0 Å². The monoisotopic (exact) mass is 529 g/mol. The molecule has 0 spiro atoms. The first kappa shape index (κ1) is 29.0. The van der Waals surface area contributed by atoms with Crippen LogP contribution in [0.3, 0.4) is 0 Å². The van der Waals surface area contributed by atoms with Crippen molar-refractivity contribution >= 4 is 8.32 Å². The average Bonchev–Trinajstić information content (AvgIpc) is 2.85. The van der Waals surface area contributed by atoms with E-state index in [1.807, 2.05) is 36.4 Å². The summed E-state index contributed by atoms with van der Waals surface area (Å²) in [5, 5.41) is 0. The Morgan fingerprint density at radius 1 is 0.811 bits per heavy atom. The molecule has 2 atom stereocenters. The zero-order valence-corrected chi connectivity index (χ0v) is 23.2. The van der Waals surface area contributed by atoms with Crippen molar-refractivity contribution in [3.8, 4) is 5.75 Å². The van der Waals surface area contributed by atoms with Crippen LogP contribution < -0.4 is 4.74 Å². The molecule has 0 radical (unpaired) electrons. The van der Waals surface area contributed by atoms with Crippen LogP contribution in [0.2, 0.25) is 19.6 Å². The van der Waals surface area contributed by atoms with Gasteiger partial charge in [-0.2, -0.15) is 13.2 Å². The number of nitrogens with zero attached hydrogens (tertiary/aromatic N) is 1. The molecular weight excluding hydrogens is 491 g/mol. The van der Waals surface area contributed by atoms with Crippen molar-refractivity contribution in [2.45, 2.75) is 57.3 Å². The van der Waals surface area contributed by atoms with Crippen LogP contribution in [0.15, 0.2) is 84.9 Å². The highest BCUT2D eigenvalue weighted by Gasteiger charge is 2.30. The Hall–Kier alpha value is -2.61. The number of aryl methyl sites for hydroxylation is 1. The maximum atomic E-state index is 13.0. The molecule has 1 unspecified atom stereocenters. The molecule has 3 aromatic rings. The first-order chi connectivity index (χ1) is 17.5. The minimum atomic E-state index is -4.37. The predicted molar refractivity (Wildman–Crippen MR) is 146 cm³/mol. The number of ether oxygens (including phenoxy) is 1. The molecule has 0 fully saturated rings. The Labute approximate surface area is 220 Å². The van der Waals surface area contributed by atoms with E-state index in [0.717, 1.165) is 43.6 Å². The number of halogens is 3. The summed E-state index contributed by atoms with van der Waals surface area (Å²) in [7, 11) is 0.363. The quantitative estimate of drug-likeness (QED) is 0.209. The third-order valence-electron chi connectivity index (χ3n) is 6.04. The van der Waals surface area contributed by atoms with Crippen molar-refractivity contribution in [1.82, 2.24) is 4.90 Å². The van der Waals surface area contributed by atoms with Gasteiger partial charge in [0.1, 0.15) is 11.9 Å². The fourth-order valence-electron chi connectivity index (χ4n) is 4.28. The van der Waals surface area contributed by atoms with Crippen molar-refractivity contribution < 1.29 is 22.3 Å². The molecule has 0 saturated heterocycles. The van der Waals surface area contributed by atoms with Crippen LogP contribution in [0.5, 0.6) is 5.75 Å². The van der Waals surface area contributed by atoms with E-state index in [-0.39, 0.29) is 12.2 Å². The van der Waals surface area contributed by atoms with Crippen LogP contribution in [0.1, 0.15) is 35.6 Å². The minimum absolute atomic E-state index is 0.128. The van der Waals surface area contributed by atoms with Crippen molar-refractivity contribution in [2.75, 3.05) is 20.1 Å². The lowest BCUT2D eigenvalue weighted by molar-refractivity contribution is -0.137. The zero-order chi connectivity index (χ0) is 26.9. The van der Waals surface area contributed by atoms with Gasteiger partial charge in [0, 0.05) is 19.5 Å². The first-order valence-electron chi connectivity index (χ1n) is 12.8. The van der Waals surface area contributed by atoms with Crippen LogP contribution in [-0.2, 0) is 17.0 Å². The van der Waals surface area contributed by atoms with Crippen LogP contribution in [0, 0.1) is 0 Å². The van der Waals surface area contributed by atoms with Gasteiger partial charge in [0.05, 0.1) is 11.7 Å². The predicted octanol–water partition coefficient (Wildman–Crippen LogP) is 8.00. The van der Waals surface area contributed by atoms with E-state index in [1.54, 1.807) is 0 Å². The SMILES string of the molecule is CN(CCC(Oc1ccc(C(F)(F)F)cc1)c1ccccc1)C[C@@H](CCc1ccccc1)O[Si](C)(C)C. The Morgan fingerprint density at radius 3 is 1.97 bits per heavy atom. The molecule has 0 aliphatic rings. The second-order valence-electron chi connectivity index (χ2n) is 10.5. The summed E-state index contributed by atoms with van der Waals surface area (Å²) >= 11 is 0. The van der Waals surface area contributed by atoms with E-state index >= 15 is 0 Å². The molecule has 37 heavy (non-hydrogen) atoms. The van der Waals surface area contributed by atoms with Crippen LogP contribution >= 0.6 is 0 Å². The number of benzene rings is 3. The van der Waals surface area contributed by atoms with Crippen molar-refractivity contribution in [1.29, 1.82) is 0 Å². The fraction of sp³-hybridized carbons (Fsp3) is 0.400. The molecule has 0 heterocycles. The van der Waals surface area contributed by atoms with Gasteiger partial charge >= 0.3 is 6.18 Å². The average molecular weight is 530 g/mol. The molecular formula is C30H38F3NO2Si. The highest BCUT2D eigenvalue weighted by atomic mass is 28.4. The van der Waals surface area contributed by atoms with Crippen LogP contribution in [0.4, 0.5) is 13.2 Å². The second kappa shape index (κ2) is 13.3. The molecule has 200 valence electrons. The standard InChI is InChI=1S/C30H38F3NO2Si/c1-34(23-28(36-37(2,3)4)18-15-24-11-7-5-8-12-24)22-21-29(25-13-9-6-10-14-25)35-27-19-16-26(17-20-27)30(31,32)33/h5-14,16-17,19-20,28-29H,15,18,21-23H2,1-4H3/t28-,29?/m1/s1. The molecule has 3 rings (SSSR count). The van der Waals surface area contributed by atoms with E-state index < -0.39 is 20.1 Å². The molecule has 0 aliphatic heterocycles. The number of likely N-dealkylation sites (N-methyl/N-ethyl adjacent to an activating group) is 1. The van der Waals surface area contributed by atoms with Crippen LogP contribution in [-0.4, -0.2) is 39.5 Å². The van der Waals surface area contributed by atoms with Gasteiger partial charge in [-0.25, -0.2) is 0 Å². The molecule has 0 saturated carbocycles. The molecule has 0 bridgehead atoms. The number of alkyl halides is 3. The third-order valence-corrected chi connectivity index (χ3v) is 7.08. The molecule has 0 aromatic heterocycles. The highest BCUT2D eigenvalue weighted by molar-refractivity contribution is 6.69. The summed E-state index contributed by atoms with van der Waals surface area (Å²) < 4.78 is 51.6. The summed E-state index contributed by atoms with van der Waals surface area (Å²) in [6.45, 7) is 8.21. The molecule has 0 amide bonds. The van der Waals surface area contributed by atoms with E-state index in [9.17, 15) is 13.2 Å². The third kappa shape index (κ3) is 10.3. The van der Waals surface area contributed by atoms with Gasteiger partial charge in [0.15, 0.2) is 8.32 Å². The lowest BCUT2D eigenvalue weighted by Gasteiger charge is -2.31. The Bertz CT molecular complexity index is 1050. The topological polar surface area (TPSA) is 21.7 Å². The Balaban J connectivity index is 1.63. The first-order valence-corrected chi connectivity index (χ1v) is 16.2. The summed E-state index contributed by atoms with van der Waals surface area (Å²) in [6, 6.07) is 25.2. The van der Waals surface area contributed by atoms with Crippen LogP contribution in [0.25, 0.3) is 0 Å². The summed E-state index contributed by atoms with van der Waals surface area (Å²) in [6.07, 6.45) is -1.91. The van der Waals surface area contributed by atoms with E-state index in [0.29, 0.717) is 12.2 Å². The maximum absolute atomic E-state index is 13.0. The van der Waals surface area contributed by atoms with Gasteiger partial charge < -0.3 is 14.1 Å². The second-order valence-corrected chi connectivity index (χ2v) is 14.9. The smallest absolute Gasteiger partial charge is 0.416 e. The summed E-state index contributed by atoms with van der Waals surface area (Å²) in [5.74, 6) is 0.423. The molecule has 3 aromatic carbocycles. The zero-order valence-electron chi connectivity index (χ0n) is 22.2. The van der Waals surface area contributed by atoms with Gasteiger partial charge in [-0.1, -0.05) is 60.7 Å². The van der Waals surface area contributed by atoms with Gasteiger partial charge in [-0.05, 0) is 74.9 Å². The largest absolute Gasteiger partial charge is 0.486 e. The lowest BCUT2D eigenvalue weighted by Crippen LogP contribution is -2.39. The molecule has 7 heteroatoms. The van der Waals surface area contributed by atoms with Crippen molar-refractivity contribution in [3.05, 3.63) is 102 Å². The Morgan fingerprint density at radius 2 is 1.41 bits per heavy atom. The van der Waals surface area contributed by atoms with Gasteiger partial charge in [0.2, 0.25) is 0 Å². The number of rotatable bonds is 13.